The highest BCUT2D eigenvalue weighted by Gasteiger charge is 2.24. The summed E-state index contributed by atoms with van der Waals surface area (Å²) in [6, 6.07) is 5.64. The average molecular weight is 337 g/mol. The molecule has 0 amide bonds. The number of carbonyl (C=O) groups is 1. The second-order valence-electron chi connectivity index (χ2n) is 6.47. The van der Waals surface area contributed by atoms with Gasteiger partial charge in [-0.25, -0.2) is 4.79 Å². The Morgan fingerprint density at radius 2 is 2.09 bits per heavy atom. The van der Waals surface area contributed by atoms with Crippen LogP contribution in [0.15, 0.2) is 27.4 Å². The second kappa shape index (κ2) is 6.83. The quantitative estimate of drug-likeness (QED) is 0.782. The Morgan fingerprint density at radius 1 is 1.39 bits per heavy atom. The molecule has 1 unspecified atom stereocenters. The van der Waals surface area contributed by atoms with E-state index in [4.69, 9.17) is 9.15 Å². The van der Waals surface area contributed by atoms with E-state index in [-0.39, 0.29) is 17.0 Å². The van der Waals surface area contributed by atoms with Gasteiger partial charge in [0, 0.05) is 12.8 Å². The lowest BCUT2D eigenvalue weighted by Crippen LogP contribution is -2.30. The summed E-state index contributed by atoms with van der Waals surface area (Å²) in [5.41, 5.74) is 1.91. The monoisotopic (exact) mass is 337 g/mol. The topological polar surface area (TPSA) is 61.4 Å². The van der Waals surface area contributed by atoms with Gasteiger partial charge in [0.25, 0.3) is 0 Å². The third-order valence-electron chi connectivity index (χ3n) is 3.35. The van der Waals surface area contributed by atoms with Crippen LogP contribution in [-0.2, 0) is 22.3 Å². The molecule has 5 nitrogen and oxygen atoms in total. The summed E-state index contributed by atoms with van der Waals surface area (Å²) in [6.07, 6.45) is 0.714. The molecule has 1 heterocycles. The number of aryl methyl sites for hydroxylation is 1. The zero-order valence-electron chi connectivity index (χ0n) is 14.2. The van der Waals surface area contributed by atoms with Crippen LogP contribution in [0.5, 0.6) is 0 Å². The van der Waals surface area contributed by atoms with Gasteiger partial charge < -0.3 is 9.15 Å². The lowest BCUT2D eigenvalue weighted by Gasteiger charge is -2.23. The van der Waals surface area contributed by atoms with Gasteiger partial charge in [-0.2, -0.15) is 0 Å². The third-order valence-corrected chi connectivity index (χ3v) is 4.78. The number of hydrogen-bond acceptors (Lipinski definition) is 5. The maximum absolute atomic E-state index is 12.2. The number of nitrogens with zero attached hydrogens (tertiary/aromatic N) is 1. The predicted molar refractivity (Wildman–Crippen MR) is 92.7 cm³/mol. The molecule has 0 radical (unpaired) electrons. The molecule has 126 valence electrons. The van der Waals surface area contributed by atoms with Gasteiger partial charge in [0.2, 0.25) is 0 Å². The van der Waals surface area contributed by atoms with E-state index in [1.807, 2.05) is 39.8 Å². The first-order valence-corrected chi connectivity index (χ1v) is 8.69. The first kappa shape index (κ1) is 17.7. The van der Waals surface area contributed by atoms with Gasteiger partial charge in [-0.05, 0) is 44.9 Å². The number of benzene rings is 1. The summed E-state index contributed by atoms with van der Waals surface area (Å²) in [5.74, 6) is 0.124. The number of carbonyl (C=O) groups excluding carboxylic acids is 1. The maximum Gasteiger partial charge on any atom is 0.419 e. The number of fused-ring (bicyclic) bond motifs is 1. The van der Waals surface area contributed by atoms with Crippen LogP contribution in [-0.4, -0.2) is 21.4 Å². The van der Waals surface area contributed by atoms with Crippen molar-refractivity contribution in [2.45, 2.75) is 50.7 Å². The van der Waals surface area contributed by atoms with Crippen LogP contribution in [0.1, 0.15) is 39.7 Å². The number of thioether (sulfide) groups is 1. The molecule has 0 spiro atoms. The van der Waals surface area contributed by atoms with Crippen LogP contribution in [0.25, 0.3) is 11.1 Å². The van der Waals surface area contributed by atoms with Crippen LogP contribution < -0.4 is 5.76 Å². The zero-order valence-corrected chi connectivity index (χ0v) is 15.0. The van der Waals surface area contributed by atoms with Crippen molar-refractivity contribution in [3.63, 3.8) is 0 Å². The highest BCUT2D eigenvalue weighted by Crippen LogP contribution is 2.25. The van der Waals surface area contributed by atoms with E-state index in [0.717, 1.165) is 11.1 Å². The number of oxazole rings is 1. The highest BCUT2D eigenvalue weighted by atomic mass is 32.2. The molecular formula is C17H23NO4S. The first-order chi connectivity index (χ1) is 10.7. The van der Waals surface area contributed by atoms with Crippen molar-refractivity contribution in [2.75, 3.05) is 0 Å². The third kappa shape index (κ3) is 4.41. The Balaban J connectivity index is 2.08. The molecule has 0 bridgehead atoms. The number of ether oxygens (including phenoxy) is 1. The average Bonchev–Trinajstić information content (AvgIpc) is 2.73. The summed E-state index contributed by atoms with van der Waals surface area (Å²) < 4.78 is 12.1. The van der Waals surface area contributed by atoms with Crippen molar-refractivity contribution in [1.82, 2.24) is 4.57 Å². The molecule has 0 saturated carbocycles. The Kier molecular flexibility index (Phi) is 5.24. The van der Waals surface area contributed by atoms with Gasteiger partial charge in [-0.15, -0.1) is 11.8 Å². The molecule has 1 aromatic carbocycles. The molecule has 1 aromatic heterocycles. The SMILES string of the molecule is CCC(SCc1ccc2oc(=O)n(C)c2c1)C(=O)OC(C)(C)C. The normalized spacial score (nSPS) is 13.3. The van der Waals surface area contributed by atoms with Crippen LogP contribution in [0.3, 0.4) is 0 Å². The summed E-state index contributed by atoms with van der Waals surface area (Å²) in [7, 11) is 1.68. The minimum absolute atomic E-state index is 0.179. The first-order valence-electron chi connectivity index (χ1n) is 7.64. The lowest BCUT2D eigenvalue weighted by molar-refractivity contribution is -0.154. The van der Waals surface area contributed by atoms with E-state index in [2.05, 4.69) is 0 Å². The van der Waals surface area contributed by atoms with Crippen molar-refractivity contribution >= 4 is 28.8 Å². The van der Waals surface area contributed by atoms with Crippen molar-refractivity contribution in [3.05, 3.63) is 34.3 Å². The van der Waals surface area contributed by atoms with Gasteiger partial charge in [0.15, 0.2) is 5.58 Å². The van der Waals surface area contributed by atoms with Gasteiger partial charge in [0.05, 0.1) is 5.52 Å². The van der Waals surface area contributed by atoms with Crippen LogP contribution >= 0.6 is 11.8 Å². The summed E-state index contributed by atoms with van der Waals surface area (Å²) in [4.78, 5) is 23.7. The van der Waals surface area contributed by atoms with E-state index >= 15 is 0 Å². The van der Waals surface area contributed by atoms with E-state index in [1.165, 1.54) is 4.57 Å². The highest BCUT2D eigenvalue weighted by molar-refractivity contribution is 7.99. The fourth-order valence-corrected chi connectivity index (χ4v) is 3.17. The second-order valence-corrected chi connectivity index (χ2v) is 7.66. The number of aromatic nitrogens is 1. The Bertz CT molecular complexity index is 754. The number of rotatable bonds is 5. The van der Waals surface area contributed by atoms with E-state index in [9.17, 15) is 9.59 Å². The molecule has 0 saturated heterocycles. The van der Waals surface area contributed by atoms with Crippen molar-refractivity contribution < 1.29 is 13.9 Å². The predicted octanol–water partition coefficient (Wildman–Crippen LogP) is 3.49. The minimum Gasteiger partial charge on any atom is -0.459 e. The molecular weight excluding hydrogens is 314 g/mol. The minimum atomic E-state index is -0.473. The molecule has 0 N–H and O–H groups in total. The number of esters is 1. The van der Waals surface area contributed by atoms with Gasteiger partial charge in [-0.1, -0.05) is 13.0 Å². The molecule has 6 heteroatoms. The smallest absolute Gasteiger partial charge is 0.419 e. The molecule has 0 aliphatic carbocycles. The largest absolute Gasteiger partial charge is 0.459 e. The van der Waals surface area contributed by atoms with Gasteiger partial charge in [0.1, 0.15) is 10.9 Å². The fourth-order valence-electron chi connectivity index (χ4n) is 2.18. The fraction of sp³-hybridized carbons (Fsp3) is 0.529. The lowest BCUT2D eigenvalue weighted by atomic mass is 10.2. The van der Waals surface area contributed by atoms with Crippen molar-refractivity contribution in [3.8, 4) is 0 Å². The van der Waals surface area contributed by atoms with Gasteiger partial charge >= 0.3 is 11.7 Å². The molecule has 1 atom stereocenters. The van der Waals surface area contributed by atoms with Crippen molar-refractivity contribution in [1.29, 1.82) is 0 Å². The molecule has 2 aromatic rings. The van der Waals surface area contributed by atoms with E-state index in [1.54, 1.807) is 24.9 Å². The molecule has 0 fully saturated rings. The van der Waals surface area contributed by atoms with Crippen LogP contribution in [0.4, 0.5) is 0 Å². The molecule has 2 rings (SSSR count). The molecule has 0 aliphatic heterocycles. The van der Waals surface area contributed by atoms with Crippen LogP contribution in [0.2, 0.25) is 0 Å². The summed E-state index contributed by atoms with van der Waals surface area (Å²) in [6.45, 7) is 7.59. The maximum atomic E-state index is 12.2. The molecule has 23 heavy (non-hydrogen) atoms. The summed E-state index contributed by atoms with van der Waals surface area (Å²) >= 11 is 1.55. The molecule has 0 aliphatic rings. The zero-order chi connectivity index (χ0) is 17.2. The van der Waals surface area contributed by atoms with Gasteiger partial charge in [-0.3, -0.25) is 9.36 Å². The standard InChI is InChI=1S/C17H23NO4S/c1-6-14(15(19)22-17(2,3)4)23-10-11-7-8-13-12(9-11)18(5)16(20)21-13/h7-9,14H,6,10H2,1-5H3. The summed E-state index contributed by atoms with van der Waals surface area (Å²) in [5, 5.41) is -0.196. The van der Waals surface area contributed by atoms with E-state index < -0.39 is 5.60 Å². The van der Waals surface area contributed by atoms with Crippen LogP contribution in [0, 0.1) is 0 Å². The van der Waals surface area contributed by atoms with E-state index in [0.29, 0.717) is 17.8 Å². The Labute approximate surface area is 140 Å². The Morgan fingerprint density at radius 3 is 2.70 bits per heavy atom. The van der Waals surface area contributed by atoms with Crippen molar-refractivity contribution in [2.24, 2.45) is 7.05 Å². The Hall–Kier alpha value is -1.69. The number of hydrogen-bond donors (Lipinski definition) is 0.